The molecule has 0 fully saturated rings. The predicted octanol–water partition coefficient (Wildman–Crippen LogP) is -0.541. The Balaban J connectivity index is 3.54. The Morgan fingerprint density at radius 1 is 1.73 bits per heavy atom. The van der Waals surface area contributed by atoms with Crippen molar-refractivity contribution in [3.8, 4) is 0 Å². The molecular formula is C7H12O4. The van der Waals surface area contributed by atoms with Crippen LogP contribution in [-0.4, -0.2) is 35.5 Å². The highest BCUT2D eigenvalue weighted by Gasteiger charge is 2.07. The summed E-state index contributed by atoms with van der Waals surface area (Å²) >= 11 is 0. The summed E-state index contributed by atoms with van der Waals surface area (Å²) in [5, 5.41) is 17.1. The monoisotopic (exact) mass is 160 g/mol. The lowest BCUT2D eigenvalue weighted by molar-refractivity contribution is -0.142. The Bertz CT molecular complexity index is 153. The van der Waals surface area contributed by atoms with Crippen LogP contribution in [0.25, 0.3) is 0 Å². The molecule has 0 aromatic carbocycles. The van der Waals surface area contributed by atoms with Crippen molar-refractivity contribution in [1.82, 2.24) is 0 Å². The SMILES string of the molecule is C=C(C)C(=O)OC[C@H](O)CO. The zero-order chi connectivity index (χ0) is 8.85. The van der Waals surface area contributed by atoms with Crippen molar-refractivity contribution in [2.75, 3.05) is 13.2 Å². The summed E-state index contributed by atoms with van der Waals surface area (Å²) in [5.74, 6) is -0.558. The molecule has 0 spiro atoms. The number of hydrogen-bond donors (Lipinski definition) is 2. The lowest BCUT2D eigenvalue weighted by atomic mass is 10.3. The highest BCUT2D eigenvalue weighted by Crippen LogP contribution is 1.93. The van der Waals surface area contributed by atoms with Crippen LogP contribution in [0.1, 0.15) is 6.92 Å². The minimum atomic E-state index is -1.00. The second-order valence-electron chi connectivity index (χ2n) is 2.22. The number of ether oxygens (including phenoxy) is 1. The van der Waals surface area contributed by atoms with Crippen LogP contribution in [0.4, 0.5) is 0 Å². The number of carbonyl (C=O) groups excluding carboxylic acids is 1. The topological polar surface area (TPSA) is 66.8 Å². The van der Waals surface area contributed by atoms with Crippen LogP contribution in [0.3, 0.4) is 0 Å². The molecule has 0 aromatic rings. The molecule has 4 heteroatoms. The Hall–Kier alpha value is -0.870. The van der Waals surface area contributed by atoms with E-state index in [9.17, 15) is 4.79 Å². The molecule has 1 atom stereocenters. The van der Waals surface area contributed by atoms with Crippen molar-refractivity contribution < 1.29 is 19.7 Å². The Morgan fingerprint density at radius 3 is 2.64 bits per heavy atom. The van der Waals surface area contributed by atoms with E-state index in [4.69, 9.17) is 10.2 Å². The molecule has 0 saturated carbocycles. The fourth-order valence-corrected chi connectivity index (χ4v) is 0.348. The van der Waals surface area contributed by atoms with Crippen molar-refractivity contribution in [2.45, 2.75) is 13.0 Å². The van der Waals surface area contributed by atoms with Gasteiger partial charge in [-0.15, -0.1) is 0 Å². The molecule has 0 aromatic heterocycles. The van der Waals surface area contributed by atoms with Crippen molar-refractivity contribution >= 4 is 5.97 Å². The van der Waals surface area contributed by atoms with Gasteiger partial charge in [-0.05, 0) is 6.92 Å². The van der Waals surface area contributed by atoms with E-state index < -0.39 is 18.7 Å². The zero-order valence-corrected chi connectivity index (χ0v) is 6.41. The number of aliphatic hydroxyl groups excluding tert-OH is 2. The van der Waals surface area contributed by atoms with E-state index in [1.54, 1.807) is 0 Å². The number of rotatable bonds is 4. The largest absolute Gasteiger partial charge is 0.460 e. The average Bonchev–Trinajstić information content (AvgIpc) is 1.99. The fourth-order valence-electron chi connectivity index (χ4n) is 0.348. The first kappa shape index (κ1) is 10.1. The molecule has 0 amide bonds. The molecule has 0 radical (unpaired) electrons. The molecule has 64 valence electrons. The Labute approximate surface area is 65.1 Å². The lowest BCUT2D eigenvalue weighted by Gasteiger charge is -2.07. The minimum Gasteiger partial charge on any atom is -0.460 e. The fraction of sp³-hybridized carbons (Fsp3) is 0.571. The summed E-state index contributed by atoms with van der Waals surface area (Å²) in [6.45, 7) is 4.24. The first-order valence-corrected chi connectivity index (χ1v) is 3.19. The molecule has 0 aliphatic carbocycles. The van der Waals surface area contributed by atoms with Gasteiger partial charge in [-0.25, -0.2) is 4.79 Å². The van der Waals surface area contributed by atoms with Crippen molar-refractivity contribution in [2.24, 2.45) is 0 Å². The first-order valence-electron chi connectivity index (χ1n) is 3.19. The highest BCUT2D eigenvalue weighted by molar-refractivity contribution is 5.86. The second kappa shape index (κ2) is 4.87. The summed E-state index contributed by atoms with van der Waals surface area (Å²) < 4.78 is 4.51. The maximum absolute atomic E-state index is 10.6. The van der Waals surface area contributed by atoms with Gasteiger partial charge in [-0.1, -0.05) is 6.58 Å². The van der Waals surface area contributed by atoms with Gasteiger partial charge in [0.1, 0.15) is 12.7 Å². The molecule has 0 aliphatic rings. The molecule has 0 aliphatic heterocycles. The second-order valence-corrected chi connectivity index (χ2v) is 2.22. The van der Waals surface area contributed by atoms with Crippen LogP contribution in [0.15, 0.2) is 12.2 Å². The van der Waals surface area contributed by atoms with Crippen LogP contribution in [0, 0.1) is 0 Å². The van der Waals surface area contributed by atoms with Gasteiger partial charge in [-0.3, -0.25) is 0 Å². The van der Waals surface area contributed by atoms with Gasteiger partial charge >= 0.3 is 5.97 Å². The predicted molar refractivity (Wildman–Crippen MR) is 38.9 cm³/mol. The third kappa shape index (κ3) is 4.52. The summed E-state index contributed by atoms with van der Waals surface area (Å²) in [6.07, 6.45) is -1.00. The molecule has 0 bridgehead atoms. The smallest absolute Gasteiger partial charge is 0.333 e. The molecule has 0 unspecified atom stereocenters. The molecule has 2 N–H and O–H groups in total. The molecule has 4 nitrogen and oxygen atoms in total. The van der Waals surface area contributed by atoms with Crippen molar-refractivity contribution in [1.29, 1.82) is 0 Å². The van der Waals surface area contributed by atoms with E-state index in [0.29, 0.717) is 0 Å². The van der Waals surface area contributed by atoms with Gasteiger partial charge in [0.25, 0.3) is 0 Å². The van der Waals surface area contributed by atoms with Crippen LogP contribution >= 0.6 is 0 Å². The van der Waals surface area contributed by atoms with Crippen LogP contribution in [-0.2, 0) is 9.53 Å². The summed E-state index contributed by atoms with van der Waals surface area (Å²) in [4.78, 5) is 10.6. The molecular weight excluding hydrogens is 148 g/mol. The molecule has 0 heterocycles. The maximum atomic E-state index is 10.6. The summed E-state index contributed by atoms with van der Waals surface area (Å²) in [7, 11) is 0. The van der Waals surface area contributed by atoms with Crippen LogP contribution in [0.2, 0.25) is 0 Å². The third-order valence-corrected chi connectivity index (χ3v) is 0.966. The van der Waals surface area contributed by atoms with E-state index in [1.165, 1.54) is 6.92 Å². The van der Waals surface area contributed by atoms with Gasteiger partial charge in [0.2, 0.25) is 0 Å². The number of hydrogen-bond acceptors (Lipinski definition) is 4. The molecule has 0 rings (SSSR count). The first-order chi connectivity index (χ1) is 5.07. The number of esters is 1. The van der Waals surface area contributed by atoms with E-state index in [0.717, 1.165) is 0 Å². The zero-order valence-electron chi connectivity index (χ0n) is 6.41. The van der Waals surface area contributed by atoms with Gasteiger partial charge < -0.3 is 14.9 Å². The van der Waals surface area contributed by atoms with E-state index in [1.807, 2.05) is 0 Å². The van der Waals surface area contributed by atoms with E-state index in [2.05, 4.69) is 11.3 Å². The molecule has 0 saturated heterocycles. The number of carbonyl (C=O) groups is 1. The van der Waals surface area contributed by atoms with E-state index in [-0.39, 0.29) is 12.2 Å². The minimum absolute atomic E-state index is 0.192. The summed E-state index contributed by atoms with van der Waals surface area (Å²) in [5.41, 5.74) is 0.273. The highest BCUT2D eigenvalue weighted by atomic mass is 16.5. The standard InChI is InChI=1S/C7H12O4/c1-5(2)7(10)11-4-6(9)3-8/h6,8-9H,1,3-4H2,2H3/t6-/m1/s1. The van der Waals surface area contributed by atoms with Crippen molar-refractivity contribution in [3.05, 3.63) is 12.2 Å². The van der Waals surface area contributed by atoms with E-state index >= 15 is 0 Å². The van der Waals surface area contributed by atoms with Crippen LogP contribution < -0.4 is 0 Å². The van der Waals surface area contributed by atoms with Crippen LogP contribution in [0.5, 0.6) is 0 Å². The van der Waals surface area contributed by atoms with Crippen molar-refractivity contribution in [3.63, 3.8) is 0 Å². The van der Waals surface area contributed by atoms with Gasteiger partial charge in [0, 0.05) is 5.57 Å². The third-order valence-electron chi connectivity index (χ3n) is 0.966. The Morgan fingerprint density at radius 2 is 2.27 bits per heavy atom. The molecule has 11 heavy (non-hydrogen) atoms. The van der Waals surface area contributed by atoms with Gasteiger partial charge in [0.15, 0.2) is 0 Å². The normalized spacial score (nSPS) is 12.3. The lowest BCUT2D eigenvalue weighted by Crippen LogP contribution is -2.22. The van der Waals surface area contributed by atoms with Gasteiger partial charge in [-0.2, -0.15) is 0 Å². The average molecular weight is 160 g/mol. The Kier molecular flexibility index (Phi) is 4.49. The summed E-state index contributed by atoms with van der Waals surface area (Å²) in [6, 6.07) is 0. The number of aliphatic hydroxyl groups is 2. The quantitative estimate of drug-likeness (QED) is 0.428. The maximum Gasteiger partial charge on any atom is 0.333 e. The van der Waals surface area contributed by atoms with Gasteiger partial charge in [0.05, 0.1) is 6.61 Å².